The maximum atomic E-state index is 11.7. The van der Waals surface area contributed by atoms with Gasteiger partial charge in [0.15, 0.2) is 0 Å². The average molecular weight is 251 g/mol. The second-order valence-corrected chi connectivity index (χ2v) is 4.67. The molecule has 0 aliphatic carbocycles. The van der Waals surface area contributed by atoms with Gasteiger partial charge < -0.3 is 14.6 Å². The molecule has 0 saturated carbocycles. The van der Waals surface area contributed by atoms with E-state index in [2.05, 4.69) is 10.2 Å². The number of morpholine rings is 1. The number of aromatic nitrogens is 1. The molecule has 2 rings (SSSR count). The molecule has 1 aromatic rings. The van der Waals surface area contributed by atoms with Crippen LogP contribution >= 0.6 is 0 Å². The van der Waals surface area contributed by atoms with Crippen molar-refractivity contribution >= 4 is 5.91 Å². The zero-order valence-electron chi connectivity index (χ0n) is 10.9. The summed E-state index contributed by atoms with van der Waals surface area (Å²) in [6.45, 7) is 5.16. The fraction of sp³-hybridized carbons (Fsp3) is 0.615. The standard InChI is InChI=1S/C13H21N3O2/c1-15-4-2-12(11-15)10-13(17)14-3-5-16-6-8-18-9-7-16/h2,4,11H,3,5-10H2,1H3,(H,14,17). The third kappa shape index (κ3) is 4.16. The highest BCUT2D eigenvalue weighted by Crippen LogP contribution is 2.00. The van der Waals surface area contributed by atoms with Crippen LogP contribution in [0.4, 0.5) is 0 Å². The summed E-state index contributed by atoms with van der Waals surface area (Å²) >= 11 is 0. The van der Waals surface area contributed by atoms with Crippen LogP contribution < -0.4 is 5.32 Å². The normalized spacial score (nSPS) is 16.7. The van der Waals surface area contributed by atoms with Gasteiger partial charge in [0.25, 0.3) is 0 Å². The molecule has 0 bridgehead atoms. The van der Waals surface area contributed by atoms with E-state index in [1.807, 2.05) is 30.1 Å². The molecule has 1 saturated heterocycles. The number of hydrogen-bond donors (Lipinski definition) is 1. The van der Waals surface area contributed by atoms with Crippen LogP contribution in [0.15, 0.2) is 18.5 Å². The Balaban J connectivity index is 1.62. The summed E-state index contributed by atoms with van der Waals surface area (Å²) in [4.78, 5) is 14.0. The molecule has 18 heavy (non-hydrogen) atoms. The first-order chi connectivity index (χ1) is 8.74. The molecule has 1 aromatic heterocycles. The Hall–Kier alpha value is -1.33. The van der Waals surface area contributed by atoms with Gasteiger partial charge in [0.2, 0.25) is 5.91 Å². The Kier molecular flexibility index (Phi) is 4.78. The van der Waals surface area contributed by atoms with E-state index in [0.717, 1.165) is 38.4 Å². The molecule has 1 aliphatic rings. The van der Waals surface area contributed by atoms with Crippen molar-refractivity contribution in [3.63, 3.8) is 0 Å². The molecule has 0 unspecified atom stereocenters. The Labute approximate surface area is 108 Å². The molecule has 2 heterocycles. The number of nitrogens with zero attached hydrogens (tertiary/aromatic N) is 2. The fourth-order valence-electron chi connectivity index (χ4n) is 2.09. The zero-order chi connectivity index (χ0) is 12.8. The minimum atomic E-state index is 0.0921. The topological polar surface area (TPSA) is 46.5 Å². The fourth-order valence-corrected chi connectivity index (χ4v) is 2.09. The first-order valence-corrected chi connectivity index (χ1v) is 6.42. The minimum absolute atomic E-state index is 0.0921. The van der Waals surface area contributed by atoms with Crippen molar-refractivity contribution in [1.82, 2.24) is 14.8 Å². The molecular formula is C13H21N3O2. The zero-order valence-corrected chi connectivity index (χ0v) is 10.9. The van der Waals surface area contributed by atoms with Crippen LogP contribution in [0.2, 0.25) is 0 Å². The monoisotopic (exact) mass is 251 g/mol. The van der Waals surface area contributed by atoms with Crippen LogP contribution in [0.5, 0.6) is 0 Å². The summed E-state index contributed by atoms with van der Waals surface area (Å²) in [6.07, 6.45) is 4.39. The molecular weight excluding hydrogens is 230 g/mol. The van der Waals surface area contributed by atoms with E-state index in [9.17, 15) is 4.79 Å². The highest BCUT2D eigenvalue weighted by atomic mass is 16.5. The van der Waals surface area contributed by atoms with Gasteiger partial charge in [-0.15, -0.1) is 0 Å². The highest BCUT2D eigenvalue weighted by Gasteiger charge is 2.10. The van der Waals surface area contributed by atoms with E-state index in [-0.39, 0.29) is 5.91 Å². The lowest BCUT2D eigenvalue weighted by Crippen LogP contribution is -2.41. The largest absolute Gasteiger partial charge is 0.379 e. The van der Waals surface area contributed by atoms with Crippen LogP contribution in [0.3, 0.4) is 0 Å². The molecule has 1 amide bonds. The average Bonchev–Trinajstić information content (AvgIpc) is 2.76. The van der Waals surface area contributed by atoms with Crippen LogP contribution in [-0.2, 0) is 23.0 Å². The summed E-state index contributed by atoms with van der Waals surface area (Å²) in [5.74, 6) is 0.0921. The van der Waals surface area contributed by atoms with Crippen LogP contribution in [0, 0.1) is 0 Å². The summed E-state index contributed by atoms with van der Waals surface area (Å²) in [7, 11) is 1.96. The number of nitrogens with one attached hydrogen (secondary N) is 1. The van der Waals surface area contributed by atoms with Crippen molar-refractivity contribution < 1.29 is 9.53 Å². The Morgan fingerprint density at radius 3 is 2.89 bits per heavy atom. The van der Waals surface area contributed by atoms with Gasteiger partial charge in [-0.25, -0.2) is 0 Å². The van der Waals surface area contributed by atoms with E-state index < -0.39 is 0 Å². The van der Waals surface area contributed by atoms with Crippen LogP contribution in [0.1, 0.15) is 5.56 Å². The lowest BCUT2D eigenvalue weighted by atomic mass is 10.2. The van der Waals surface area contributed by atoms with Crippen molar-refractivity contribution in [3.05, 3.63) is 24.0 Å². The molecule has 1 N–H and O–H groups in total. The predicted molar refractivity (Wildman–Crippen MR) is 69.4 cm³/mol. The number of ether oxygens (including phenoxy) is 1. The van der Waals surface area contributed by atoms with Gasteiger partial charge in [-0.2, -0.15) is 0 Å². The lowest BCUT2D eigenvalue weighted by Gasteiger charge is -2.26. The van der Waals surface area contributed by atoms with Gasteiger partial charge in [-0.1, -0.05) is 0 Å². The summed E-state index contributed by atoms with van der Waals surface area (Å²) in [6, 6.07) is 1.97. The smallest absolute Gasteiger partial charge is 0.224 e. The van der Waals surface area contributed by atoms with E-state index >= 15 is 0 Å². The molecule has 0 radical (unpaired) electrons. The Morgan fingerprint density at radius 1 is 1.44 bits per heavy atom. The first kappa shape index (κ1) is 13.1. The van der Waals surface area contributed by atoms with Gasteiger partial charge in [0, 0.05) is 45.6 Å². The number of carbonyl (C=O) groups is 1. The molecule has 1 fully saturated rings. The Bertz CT molecular complexity index is 383. The minimum Gasteiger partial charge on any atom is -0.379 e. The maximum absolute atomic E-state index is 11.7. The first-order valence-electron chi connectivity index (χ1n) is 6.42. The number of carbonyl (C=O) groups excluding carboxylic acids is 1. The third-order valence-electron chi connectivity index (χ3n) is 3.11. The Morgan fingerprint density at radius 2 is 2.22 bits per heavy atom. The molecule has 100 valence electrons. The highest BCUT2D eigenvalue weighted by molar-refractivity contribution is 5.78. The number of hydrogen-bond acceptors (Lipinski definition) is 3. The van der Waals surface area contributed by atoms with Gasteiger partial charge in [0.05, 0.1) is 19.6 Å². The second-order valence-electron chi connectivity index (χ2n) is 4.67. The molecule has 1 aliphatic heterocycles. The number of aryl methyl sites for hydroxylation is 1. The quantitative estimate of drug-likeness (QED) is 0.802. The summed E-state index contributed by atoms with van der Waals surface area (Å²) in [5.41, 5.74) is 1.06. The lowest BCUT2D eigenvalue weighted by molar-refractivity contribution is -0.120. The SMILES string of the molecule is Cn1ccc(CC(=O)NCCN2CCOCC2)c1. The summed E-state index contributed by atoms with van der Waals surface area (Å²) < 4.78 is 7.23. The van der Waals surface area contributed by atoms with Gasteiger partial charge in [-0.3, -0.25) is 9.69 Å². The second kappa shape index (κ2) is 6.56. The van der Waals surface area contributed by atoms with Gasteiger partial charge in [0.1, 0.15) is 0 Å². The van der Waals surface area contributed by atoms with E-state index in [4.69, 9.17) is 4.74 Å². The number of rotatable bonds is 5. The molecule has 5 nitrogen and oxygen atoms in total. The van der Waals surface area contributed by atoms with Gasteiger partial charge >= 0.3 is 0 Å². The third-order valence-corrected chi connectivity index (χ3v) is 3.11. The predicted octanol–water partition coefficient (Wildman–Crippen LogP) is 0.0160. The van der Waals surface area contributed by atoms with E-state index in [1.165, 1.54) is 0 Å². The summed E-state index contributed by atoms with van der Waals surface area (Å²) in [5, 5.41) is 2.96. The number of amides is 1. The van der Waals surface area contributed by atoms with Crippen molar-refractivity contribution in [2.45, 2.75) is 6.42 Å². The molecule has 0 aromatic carbocycles. The van der Waals surface area contributed by atoms with Crippen molar-refractivity contribution in [2.24, 2.45) is 7.05 Å². The van der Waals surface area contributed by atoms with Crippen molar-refractivity contribution in [2.75, 3.05) is 39.4 Å². The molecule has 0 spiro atoms. The van der Waals surface area contributed by atoms with Crippen molar-refractivity contribution in [1.29, 1.82) is 0 Å². The van der Waals surface area contributed by atoms with Gasteiger partial charge in [-0.05, 0) is 11.6 Å². The van der Waals surface area contributed by atoms with E-state index in [1.54, 1.807) is 0 Å². The molecule has 5 heteroatoms. The van der Waals surface area contributed by atoms with Crippen molar-refractivity contribution in [3.8, 4) is 0 Å². The van der Waals surface area contributed by atoms with E-state index in [0.29, 0.717) is 13.0 Å². The maximum Gasteiger partial charge on any atom is 0.224 e. The van der Waals surface area contributed by atoms with Crippen LogP contribution in [0.25, 0.3) is 0 Å². The molecule has 0 atom stereocenters. The van der Waals surface area contributed by atoms with Crippen LogP contribution in [-0.4, -0.2) is 54.8 Å².